The smallest absolute Gasteiger partial charge is 0.0114 e. The number of hydrogen-bond donors (Lipinski definition) is 0. The van der Waals surface area contributed by atoms with Gasteiger partial charge in [-0.15, -0.1) is 0 Å². The van der Waals surface area contributed by atoms with Gasteiger partial charge in [0.05, 0.1) is 0 Å². The molecule has 32 valence electrons. The van der Waals surface area contributed by atoms with Crippen molar-refractivity contribution in [2.24, 2.45) is 0 Å². The Kier molecular flexibility index (Phi) is 2.96. The Morgan fingerprint density at radius 3 is 2.00 bits per heavy atom. The lowest BCUT2D eigenvalue weighted by molar-refractivity contribution is 0.922. The normalized spacial score (nSPS) is 15.0. The molecule has 0 saturated heterocycles. The molecule has 0 aliphatic rings. The Morgan fingerprint density at radius 1 is 1.80 bits per heavy atom. The summed E-state index contributed by atoms with van der Waals surface area (Å²) in [5.74, 6) is 0. The zero-order valence-electron chi connectivity index (χ0n) is 3.66. The molecular formula is C4H9Br. The van der Waals surface area contributed by atoms with Crippen LogP contribution in [0.4, 0.5) is 0 Å². The molecule has 0 radical (unpaired) electrons. The van der Waals surface area contributed by atoms with Crippen molar-refractivity contribution in [3.05, 3.63) is 0 Å². The molecule has 5 heavy (non-hydrogen) atoms. The third-order valence-corrected chi connectivity index (χ3v) is 1.21. The number of rotatable bonds is 1. The summed E-state index contributed by atoms with van der Waals surface area (Å²) in [7, 11) is 0. The number of alkyl halides is 1. The molecule has 0 nitrogen and oxygen atoms in total. The molecule has 0 heterocycles. The highest BCUT2D eigenvalue weighted by molar-refractivity contribution is 9.09. The molecule has 0 amide bonds. The van der Waals surface area contributed by atoms with E-state index in [1.54, 1.807) is 0 Å². The van der Waals surface area contributed by atoms with Crippen molar-refractivity contribution in [1.82, 2.24) is 0 Å². The van der Waals surface area contributed by atoms with Gasteiger partial charge in [0, 0.05) is 4.83 Å². The van der Waals surface area contributed by atoms with Crippen LogP contribution in [0.15, 0.2) is 0 Å². The Bertz CT molecular complexity index is 17.6. The standard InChI is InChI=1S/C4H9Br/c1-3-4(2)5/h4H,3H2,1-2H3/t4-/m1/s1. The van der Waals surface area contributed by atoms with Crippen LogP contribution in [0.5, 0.6) is 0 Å². The minimum absolute atomic E-state index is 0.697. The SMILES string of the molecule is CC[C@@H](C)Br. The van der Waals surface area contributed by atoms with Gasteiger partial charge in [0.1, 0.15) is 0 Å². The van der Waals surface area contributed by atoms with Gasteiger partial charge in [0.25, 0.3) is 0 Å². The molecule has 0 aromatic rings. The van der Waals surface area contributed by atoms with Crippen LogP contribution in [0.1, 0.15) is 20.3 Å². The van der Waals surface area contributed by atoms with Gasteiger partial charge >= 0.3 is 0 Å². The lowest BCUT2D eigenvalue weighted by Gasteiger charge is -1.88. The predicted molar refractivity (Wildman–Crippen MR) is 28.7 cm³/mol. The monoisotopic (exact) mass is 136 g/mol. The van der Waals surface area contributed by atoms with E-state index < -0.39 is 0 Å². The average molecular weight is 137 g/mol. The summed E-state index contributed by atoms with van der Waals surface area (Å²) in [6, 6.07) is 0. The van der Waals surface area contributed by atoms with Gasteiger partial charge in [-0.2, -0.15) is 0 Å². The van der Waals surface area contributed by atoms with E-state index in [1.165, 1.54) is 6.42 Å². The molecule has 0 aromatic carbocycles. The Hall–Kier alpha value is 0.480. The lowest BCUT2D eigenvalue weighted by atomic mass is 10.4. The fraction of sp³-hybridized carbons (Fsp3) is 1.00. The van der Waals surface area contributed by atoms with E-state index in [9.17, 15) is 0 Å². The first kappa shape index (κ1) is 5.48. The van der Waals surface area contributed by atoms with Crippen molar-refractivity contribution in [3.63, 3.8) is 0 Å². The molecule has 0 unspecified atom stereocenters. The predicted octanol–water partition coefficient (Wildman–Crippen LogP) is 2.18. The van der Waals surface area contributed by atoms with Crippen LogP contribution >= 0.6 is 15.9 Å². The van der Waals surface area contributed by atoms with Crippen molar-refractivity contribution in [1.29, 1.82) is 0 Å². The fourth-order valence-corrected chi connectivity index (χ4v) is 0. The second-order valence-corrected chi connectivity index (χ2v) is 2.75. The molecule has 0 bridgehead atoms. The van der Waals surface area contributed by atoms with E-state index >= 15 is 0 Å². The van der Waals surface area contributed by atoms with Gasteiger partial charge in [0.15, 0.2) is 0 Å². The van der Waals surface area contributed by atoms with Gasteiger partial charge in [0.2, 0.25) is 0 Å². The maximum absolute atomic E-state index is 3.37. The van der Waals surface area contributed by atoms with E-state index in [-0.39, 0.29) is 0 Å². The Morgan fingerprint density at radius 2 is 2.00 bits per heavy atom. The summed E-state index contributed by atoms with van der Waals surface area (Å²) < 4.78 is 0. The molecule has 0 saturated carbocycles. The van der Waals surface area contributed by atoms with E-state index in [0.717, 1.165) is 0 Å². The molecular weight excluding hydrogens is 128 g/mol. The lowest BCUT2D eigenvalue weighted by Crippen LogP contribution is -1.80. The molecule has 1 heteroatoms. The van der Waals surface area contributed by atoms with Crippen molar-refractivity contribution < 1.29 is 0 Å². The van der Waals surface area contributed by atoms with E-state index in [0.29, 0.717) is 4.83 Å². The zero-order chi connectivity index (χ0) is 4.28. The zero-order valence-corrected chi connectivity index (χ0v) is 5.25. The van der Waals surface area contributed by atoms with Gasteiger partial charge in [-0.25, -0.2) is 0 Å². The topological polar surface area (TPSA) is 0 Å². The van der Waals surface area contributed by atoms with Crippen molar-refractivity contribution in [2.45, 2.75) is 25.1 Å². The van der Waals surface area contributed by atoms with Crippen LogP contribution < -0.4 is 0 Å². The average Bonchev–Trinajstić information content (AvgIpc) is 1.38. The Balaban J connectivity index is 2.54. The number of halogens is 1. The summed E-state index contributed by atoms with van der Waals surface area (Å²) in [5.41, 5.74) is 0. The van der Waals surface area contributed by atoms with Crippen molar-refractivity contribution in [3.8, 4) is 0 Å². The Labute approximate surface area is 41.7 Å². The second kappa shape index (κ2) is 2.70. The summed E-state index contributed by atoms with van der Waals surface area (Å²) >= 11 is 3.37. The largest absolute Gasteiger partial charge is 0.0894 e. The van der Waals surface area contributed by atoms with Gasteiger partial charge in [-0.3, -0.25) is 0 Å². The summed E-state index contributed by atoms with van der Waals surface area (Å²) in [4.78, 5) is 0.697. The molecule has 0 rings (SSSR count). The first-order chi connectivity index (χ1) is 2.27. The van der Waals surface area contributed by atoms with Crippen LogP contribution in [0.25, 0.3) is 0 Å². The number of hydrogen-bond acceptors (Lipinski definition) is 0. The van der Waals surface area contributed by atoms with Crippen LogP contribution in [-0.4, -0.2) is 4.83 Å². The van der Waals surface area contributed by atoms with Crippen LogP contribution in [-0.2, 0) is 0 Å². The molecule has 0 aliphatic carbocycles. The summed E-state index contributed by atoms with van der Waals surface area (Å²) in [5, 5.41) is 0. The van der Waals surface area contributed by atoms with Gasteiger partial charge in [-0.05, 0) is 6.42 Å². The third-order valence-electron chi connectivity index (χ3n) is 0.563. The van der Waals surface area contributed by atoms with Gasteiger partial charge in [-0.1, -0.05) is 29.8 Å². The van der Waals surface area contributed by atoms with Crippen molar-refractivity contribution >= 4 is 15.9 Å². The molecule has 0 spiro atoms. The van der Waals surface area contributed by atoms with E-state index in [2.05, 4.69) is 29.8 Å². The van der Waals surface area contributed by atoms with E-state index in [1.807, 2.05) is 0 Å². The minimum Gasteiger partial charge on any atom is -0.0894 e. The third kappa shape index (κ3) is 4.48. The van der Waals surface area contributed by atoms with Crippen LogP contribution in [0, 0.1) is 0 Å². The fourth-order valence-electron chi connectivity index (χ4n) is 0. The molecule has 1 atom stereocenters. The summed E-state index contributed by atoms with van der Waals surface area (Å²) in [6.45, 7) is 4.29. The highest BCUT2D eigenvalue weighted by atomic mass is 79.9. The molecule has 0 aliphatic heterocycles. The maximum Gasteiger partial charge on any atom is 0.0114 e. The molecule has 0 fully saturated rings. The molecule has 0 aromatic heterocycles. The minimum atomic E-state index is 0.697. The maximum atomic E-state index is 3.37. The quantitative estimate of drug-likeness (QED) is 0.486. The van der Waals surface area contributed by atoms with Crippen molar-refractivity contribution in [2.75, 3.05) is 0 Å². The molecule has 0 N–H and O–H groups in total. The van der Waals surface area contributed by atoms with Crippen LogP contribution in [0.2, 0.25) is 0 Å². The van der Waals surface area contributed by atoms with Gasteiger partial charge < -0.3 is 0 Å². The first-order valence-corrected chi connectivity index (χ1v) is 2.83. The highest BCUT2D eigenvalue weighted by Crippen LogP contribution is 1.99. The first-order valence-electron chi connectivity index (χ1n) is 1.91. The van der Waals surface area contributed by atoms with E-state index in [4.69, 9.17) is 0 Å². The highest BCUT2D eigenvalue weighted by Gasteiger charge is 1.82. The summed E-state index contributed by atoms with van der Waals surface area (Å²) in [6.07, 6.45) is 1.22. The second-order valence-electron chi connectivity index (χ2n) is 1.19. The van der Waals surface area contributed by atoms with Crippen LogP contribution in [0.3, 0.4) is 0 Å².